The van der Waals surface area contributed by atoms with E-state index < -0.39 is 5.97 Å². The number of carboxylic acids is 1. The summed E-state index contributed by atoms with van der Waals surface area (Å²) in [5, 5.41) is 9.69. The standard InChI is InChI=1S/C12H11NO4/c1-16-7-3-4-8-9(5-7)13-10(12(14)15)6-11(8)17-2/h3-6H,1-2H3,(H,14,15). The lowest BCUT2D eigenvalue weighted by Gasteiger charge is -2.07. The summed E-state index contributed by atoms with van der Waals surface area (Å²) >= 11 is 0. The number of carbonyl (C=O) groups is 1. The average Bonchev–Trinajstić information content (AvgIpc) is 2.36. The van der Waals surface area contributed by atoms with Crippen LogP contribution < -0.4 is 9.47 Å². The Labute approximate surface area is 97.6 Å². The largest absolute Gasteiger partial charge is 0.497 e. The van der Waals surface area contributed by atoms with Gasteiger partial charge < -0.3 is 14.6 Å². The molecule has 0 aliphatic carbocycles. The fraction of sp³-hybridized carbons (Fsp3) is 0.167. The molecule has 0 fully saturated rings. The number of nitrogens with zero attached hydrogens (tertiary/aromatic N) is 1. The van der Waals surface area contributed by atoms with Gasteiger partial charge in [0.2, 0.25) is 0 Å². The fourth-order valence-electron chi connectivity index (χ4n) is 1.58. The number of hydrogen-bond acceptors (Lipinski definition) is 4. The zero-order valence-corrected chi connectivity index (χ0v) is 9.43. The number of pyridine rings is 1. The fourth-order valence-corrected chi connectivity index (χ4v) is 1.58. The molecule has 0 unspecified atom stereocenters. The molecule has 5 heteroatoms. The van der Waals surface area contributed by atoms with Gasteiger partial charge in [-0.1, -0.05) is 0 Å². The summed E-state index contributed by atoms with van der Waals surface area (Å²) in [5.41, 5.74) is 0.476. The van der Waals surface area contributed by atoms with Gasteiger partial charge in [0.05, 0.1) is 19.7 Å². The Morgan fingerprint density at radius 3 is 2.59 bits per heavy atom. The normalized spacial score (nSPS) is 10.2. The maximum atomic E-state index is 10.9. The van der Waals surface area contributed by atoms with Crippen LogP contribution in [0.2, 0.25) is 0 Å². The van der Waals surface area contributed by atoms with Crippen molar-refractivity contribution in [1.82, 2.24) is 4.98 Å². The Kier molecular flexibility index (Phi) is 2.82. The van der Waals surface area contributed by atoms with Crippen molar-refractivity contribution in [3.8, 4) is 11.5 Å². The first-order valence-corrected chi connectivity index (χ1v) is 4.92. The van der Waals surface area contributed by atoms with Crippen molar-refractivity contribution in [2.24, 2.45) is 0 Å². The van der Waals surface area contributed by atoms with Gasteiger partial charge in [-0.2, -0.15) is 0 Å². The van der Waals surface area contributed by atoms with Gasteiger partial charge in [0.25, 0.3) is 0 Å². The molecule has 88 valence electrons. The summed E-state index contributed by atoms with van der Waals surface area (Å²) in [6.45, 7) is 0. The first-order chi connectivity index (χ1) is 8.15. The van der Waals surface area contributed by atoms with Crippen LogP contribution in [0.25, 0.3) is 10.9 Å². The average molecular weight is 233 g/mol. The van der Waals surface area contributed by atoms with Crippen molar-refractivity contribution < 1.29 is 19.4 Å². The number of aromatic nitrogens is 1. The summed E-state index contributed by atoms with van der Waals surface area (Å²) in [4.78, 5) is 15.0. The van der Waals surface area contributed by atoms with E-state index in [1.807, 2.05) is 0 Å². The van der Waals surface area contributed by atoms with Crippen LogP contribution >= 0.6 is 0 Å². The van der Waals surface area contributed by atoms with Crippen molar-refractivity contribution in [3.05, 3.63) is 30.0 Å². The van der Waals surface area contributed by atoms with Crippen molar-refractivity contribution in [3.63, 3.8) is 0 Å². The second-order valence-corrected chi connectivity index (χ2v) is 3.40. The van der Waals surface area contributed by atoms with Crippen LogP contribution in [0.15, 0.2) is 24.3 Å². The van der Waals surface area contributed by atoms with E-state index in [1.165, 1.54) is 13.2 Å². The van der Waals surface area contributed by atoms with E-state index in [2.05, 4.69) is 4.98 Å². The van der Waals surface area contributed by atoms with Crippen molar-refractivity contribution in [2.45, 2.75) is 0 Å². The van der Waals surface area contributed by atoms with E-state index in [0.29, 0.717) is 17.0 Å². The van der Waals surface area contributed by atoms with Crippen LogP contribution in [0.5, 0.6) is 11.5 Å². The zero-order valence-electron chi connectivity index (χ0n) is 9.43. The molecule has 1 aromatic heterocycles. The van der Waals surface area contributed by atoms with Crippen LogP contribution in [-0.4, -0.2) is 30.3 Å². The second-order valence-electron chi connectivity index (χ2n) is 3.40. The van der Waals surface area contributed by atoms with Crippen LogP contribution in [0.1, 0.15) is 10.5 Å². The van der Waals surface area contributed by atoms with Gasteiger partial charge >= 0.3 is 5.97 Å². The van der Waals surface area contributed by atoms with E-state index >= 15 is 0 Å². The number of fused-ring (bicyclic) bond motifs is 1. The van der Waals surface area contributed by atoms with E-state index in [1.54, 1.807) is 25.3 Å². The molecule has 0 aliphatic rings. The summed E-state index contributed by atoms with van der Waals surface area (Å²) in [5.74, 6) is 0.0117. The molecule has 0 radical (unpaired) electrons. The number of carboxylic acid groups (broad SMARTS) is 1. The Morgan fingerprint density at radius 1 is 1.24 bits per heavy atom. The minimum Gasteiger partial charge on any atom is -0.497 e. The van der Waals surface area contributed by atoms with E-state index in [9.17, 15) is 4.79 Å². The predicted octanol–water partition coefficient (Wildman–Crippen LogP) is 1.95. The predicted molar refractivity (Wildman–Crippen MR) is 61.8 cm³/mol. The summed E-state index contributed by atoms with van der Waals surface area (Å²) in [6.07, 6.45) is 0. The number of benzene rings is 1. The Morgan fingerprint density at radius 2 is 2.00 bits per heavy atom. The molecule has 2 aromatic rings. The van der Waals surface area contributed by atoms with Gasteiger partial charge in [0.1, 0.15) is 11.5 Å². The monoisotopic (exact) mass is 233 g/mol. The van der Waals surface area contributed by atoms with Gasteiger partial charge in [-0.05, 0) is 12.1 Å². The molecule has 5 nitrogen and oxygen atoms in total. The highest BCUT2D eigenvalue weighted by molar-refractivity contribution is 5.93. The van der Waals surface area contributed by atoms with Gasteiger partial charge in [-0.3, -0.25) is 0 Å². The number of hydrogen-bond donors (Lipinski definition) is 1. The first kappa shape index (κ1) is 11.2. The maximum Gasteiger partial charge on any atom is 0.354 e. The topological polar surface area (TPSA) is 68.7 Å². The van der Waals surface area contributed by atoms with Crippen molar-refractivity contribution in [1.29, 1.82) is 0 Å². The van der Waals surface area contributed by atoms with E-state index in [0.717, 1.165) is 5.39 Å². The molecule has 0 atom stereocenters. The molecule has 1 N–H and O–H groups in total. The van der Waals surface area contributed by atoms with Crippen molar-refractivity contribution in [2.75, 3.05) is 14.2 Å². The van der Waals surface area contributed by atoms with E-state index in [-0.39, 0.29) is 5.69 Å². The van der Waals surface area contributed by atoms with Crippen LogP contribution in [0.4, 0.5) is 0 Å². The number of aromatic carboxylic acids is 1. The molecule has 0 spiro atoms. The van der Waals surface area contributed by atoms with Gasteiger partial charge in [0, 0.05) is 17.5 Å². The SMILES string of the molecule is COc1ccc2c(OC)cc(C(=O)O)nc2c1. The molecule has 0 amide bonds. The van der Waals surface area contributed by atoms with Gasteiger partial charge in [-0.25, -0.2) is 9.78 Å². The minimum absolute atomic E-state index is 0.0531. The summed E-state index contributed by atoms with van der Waals surface area (Å²) in [7, 11) is 3.03. The number of rotatable bonds is 3. The number of methoxy groups -OCH3 is 2. The second kappa shape index (κ2) is 4.29. The Hall–Kier alpha value is -2.30. The van der Waals surface area contributed by atoms with Crippen LogP contribution in [-0.2, 0) is 0 Å². The molecule has 1 aromatic carbocycles. The lowest BCUT2D eigenvalue weighted by atomic mass is 10.1. The Balaban J connectivity index is 2.73. The minimum atomic E-state index is -1.09. The third-order valence-electron chi connectivity index (χ3n) is 2.42. The third kappa shape index (κ3) is 1.99. The molecule has 0 saturated carbocycles. The third-order valence-corrected chi connectivity index (χ3v) is 2.42. The summed E-state index contributed by atoms with van der Waals surface area (Å²) in [6, 6.07) is 6.63. The highest BCUT2D eigenvalue weighted by atomic mass is 16.5. The zero-order chi connectivity index (χ0) is 12.4. The van der Waals surface area contributed by atoms with E-state index in [4.69, 9.17) is 14.6 Å². The summed E-state index contributed by atoms with van der Waals surface area (Å²) < 4.78 is 10.2. The lowest BCUT2D eigenvalue weighted by Crippen LogP contribution is -2.01. The smallest absolute Gasteiger partial charge is 0.354 e. The van der Waals surface area contributed by atoms with Gasteiger partial charge in [-0.15, -0.1) is 0 Å². The molecule has 1 heterocycles. The first-order valence-electron chi connectivity index (χ1n) is 4.92. The quantitative estimate of drug-likeness (QED) is 0.877. The molecular formula is C12H11NO4. The number of ether oxygens (including phenoxy) is 2. The van der Waals surface area contributed by atoms with Crippen LogP contribution in [0.3, 0.4) is 0 Å². The molecule has 0 saturated heterocycles. The molecule has 0 aliphatic heterocycles. The highest BCUT2D eigenvalue weighted by Crippen LogP contribution is 2.28. The molecule has 0 bridgehead atoms. The maximum absolute atomic E-state index is 10.9. The van der Waals surface area contributed by atoms with Crippen molar-refractivity contribution >= 4 is 16.9 Å². The molecule has 17 heavy (non-hydrogen) atoms. The highest BCUT2D eigenvalue weighted by Gasteiger charge is 2.11. The lowest BCUT2D eigenvalue weighted by molar-refractivity contribution is 0.0690. The Bertz CT molecular complexity index is 580. The van der Waals surface area contributed by atoms with Gasteiger partial charge in [0.15, 0.2) is 5.69 Å². The molecule has 2 rings (SSSR count). The van der Waals surface area contributed by atoms with Crippen LogP contribution in [0, 0.1) is 0 Å². The molecular weight excluding hydrogens is 222 g/mol.